The van der Waals surface area contributed by atoms with Crippen LogP contribution in [0, 0.1) is 0 Å². The number of aromatic nitrogens is 4. The Morgan fingerprint density at radius 2 is 2.07 bits per heavy atom. The molecule has 0 spiro atoms. The molecule has 1 aromatic heterocycles. The van der Waals surface area contributed by atoms with E-state index >= 15 is 0 Å². The molecule has 2 N–H and O–H groups in total. The van der Waals surface area contributed by atoms with E-state index in [2.05, 4.69) is 26.1 Å². The molecule has 2 aromatic carbocycles. The maximum Gasteiger partial charge on any atom is 0.250 e. The maximum atomic E-state index is 12.0. The van der Waals surface area contributed by atoms with Gasteiger partial charge in [-0.3, -0.25) is 4.79 Å². The fourth-order valence-corrected chi connectivity index (χ4v) is 3.21. The Labute approximate surface area is 168 Å². The summed E-state index contributed by atoms with van der Waals surface area (Å²) in [6.07, 6.45) is 1.25. The lowest BCUT2D eigenvalue weighted by molar-refractivity contribution is -0.118. The molecule has 0 saturated carbocycles. The van der Waals surface area contributed by atoms with Gasteiger partial charge in [-0.2, -0.15) is 9.78 Å². The van der Waals surface area contributed by atoms with Crippen molar-refractivity contribution in [3.63, 3.8) is 0 Å². The maximum absolute atomic E-state index is 12.0. The second kappa shape index (κ2) is 8.85. The molecular weight excluding hydrogens is 411 g/mol. The number of nitrogens with one attached hydrogen (secondary N) is 1. The number of hydrazone groups is 1. The van der Waals surface area contributed by atoms with Crippen molar-refractivity contribution in [1.82, 2.24) is 25.6 Å². The molecule has 0 aliphatic carbocycles. The fraction of sp³-hybridized carbons (Fsp3) is 0.0625. The van der Waals surface area contributed by atoms with E-state index in [0.29, 0.717) is 10.2 Å². The first kappa shape index (κ1) is 19.2. The molecule has 27 heavy (non-hydrogen) atoms. The monoisotopic (exact) mass is 422 g/mol. The zero-order valence-electron chi connectivity index (χ0n) is 13.6. The molecule has 3 aromatic rings. The third-order valence-electron chi connectivity index (χ3n) is 3.22. The molecule has 8 nitrogen and oxygen atoms in total. The number of halogens is 2. The number of rotatable bonds is 6. The van der Waals surface area contributed by atoms with Crippen LogP contribution in [0.4, 0.5) is 0 Å². The van der Waals surface area contributed by atoms with Crippen molar-refractivity contribution in [2.45, 2.75) is 5.16 Å². The molecule has 3 rings (SSSR count). The van der Waals surface area contributed by atoms with Gasteiger partial charge in [0.2, 0.25) is 5.16 Å². The molecule has 0 atom stereocenters. The fourth-order valence-electron chi connectivity index (χ4n) is 2.02. The summed E-state index contributed by atoms with van der Waals surface area (Å²) in [4.78, 5) is 12.0. The minimum Gasteiger partial charge on any atom is -0.506 e. The van der Waals surface area contributed by atoms with E-state index in [1.165, 1.54) is 23.0 Å². The van der Waals surface area contributed by atoms with Crippen LogP contribution in [0.5, 0.6) is 5.75 Å². The summed E-state index contributed by atoms with van der Waals surface area (Å²) >= 11 is 12.9. The van der Waals surface area contributed by atoms with Crippen LogP contribution < -0.4 is 5.43 Å². The van der Waals surface area contributed by atoms with Gasteiger partial charge in [-0.25, -0.2) is 5.43 Å². The molecular formula is C16H12Cl2N6O2S. The number of para-hydroxylation sites is 1. The zero-order chi connectivity index (χ0) is 19.2. The minimum absolute atomic E-state index is 0.0484. The lowest BCUT2D eigenvalue weighted by Gasteiger charge is -2.04. The van der Waals surface area contributed by atoms with Crippen molar-refractivity contribution >= 4 is 47.1 Å². The number of amides is 1. The van der Waals surface area contributed by atoms with Gasteiger partial charge in [0.05, 0.1) is 22.7 Å². The predicted octanol–water partition coefficient (Wildman–Crippen LogP) is 2.92. The van der Waals surface area contributed by atoms with Crippen LogP contribution in [0.3, 0.4) is 0 Å². The Bertz CT molecular complexity index is 980. The van der Waals surface area contributed by atoms with Gasteiger partial charge in [-0.1, -0.05) is 53.2 Å². The van der Waals surface area contributed by atoms with Crippen molar-refractivity contribution in [2.75, 3.05) is 5.75 Å². The Hall–Kier alpha value is -2.62. The van der Waals surface area contributed by atoms with Gasteiger partial charge in [-0.15, -0.1) is 5.10 Å². The summed E-state index contributed by atoms with van der Waals surface area (Å²) in [5, 5.41) is 26.0. The Balaban J connectivity index is 1.58. The average molecular weight is 423 g/mol. The van der Waals surface area contributed by atoms with Crippen molar-refractivity contribution in [3.8, 4) is 11.4 Å². The number of benzene rings is 2. The number of aromatic hydroxyl groups is 1. The SMILES string of the molecule is O=C(CSc1nnnn1-c1ccccc1)NN=Cc1cc(Cl)cc(Cl)c1O. The van der Waals surface area contributed by atoms with Crippen LogP contribution in [-0.4, -0.2) is 43.2 Å². The Morgan fingerprint density at radius 1 is 1.30 bits per heavy atom. The molecule has 0 bridgehead atoms. The number of thioether (sulfide) groups is 1. The van der Waals surface area contributed by atoms with Crippen molar-refractivity contribution in [1.29, 1.82) is 0 Å². The first-order valence-corrected chi connectivity index (χ1v) is 9.25. The van der Waals surface area contributed by atoms with E-state index in [1.54, 1.807) is 0 Å². The second-order valence-electron chi connectivity index (χ2n) is 5.12. The normalized spacial score (nSPS) is 11.0. The number of phenols is 1. The van der Waals surface area contributed by atoms with E-state index in [4.69, 9.17) is 23.2 Å². The number of carbonyl (C=O) groups is 1. The van der Waals surface area contributed by atoms with E-state index < -0.39 is 0 Å². The summed E-state index contributed by atoms with van der Waals surface area (Å²) < 4.78 is 1.53. The molecule has 11 heteroatoms. The number of hydrogen-bond donors (Lipinski definition) is 2. The standard InChI is InChI=1S/C16H12Cl2N6O2S/c17-11-6-10(15(26)13(18)7-11)8-19-20-14(25)9-27-16-21-22-23-24(16)12-4-2-1-3-5-12/h1-8,26H,9H2,(H,20,25). The summed E-state index contributed by atoms with van der Waals surface area (Å²) in [5.41, 5.74) is 3.43. The van der Waals surface area contributed by atoms with Gasteiger partial charge in [0.25, 0.3) is 5.91 Å². The molecule has 0 saturated heterocycles. The summed E-state index contributed by atoms with van der Waals surface area (Å²) in [7, 11) is 0. The molecule has 138 valence electrons. The molecule has 1 heterocycles. The molecule has 0 unspecified atom stereocenters. The zero-order valence-corrected chi connectivity index (χ0v) is 15.9. The van der Waals surface area contributed by atoms with Gasteiger partial charge in [0.15, 0.2) is 0 Å². The van der Waals surface area contributed by atoms with Crippen LogP contribution in [0.2, 0.25) is 10.0 Å². The predicted molar refractivity (Wildman–Crippen MR) is 104 cm³/mol. The third kappa shape index (κ3) is 4.97. The summed E-state index contributed by atoms with van der Waals surface area (Å²) in [6.45, 7) is 0. The van der Waals surface area contributed by atoms with Crippen LogP contribution >= 0.6 is 35.0 Å². The first-order chi connectivity index (χ1) is 13.0. The largest absolute Gasteiger partial charge is 0.506 e. The van der Waals surface area contributed by atoms with Gasteiger partial charge in [-0.05, 0) is 34.7 Å². The number of carbonyl (C=O) groups excluding carboxylic acids is 1. The van der Waals surface area contributed by atoms with Crippen LogP contribution in [0.15, 0.2) is 52.7 Å². The van der Waals surface area contributed by atoms with Gasteiger partial charge in [0, 0.05) is 10.6 Å². The lowest BCUT2D eigenvalue weighted by atomic mass is 10.2. The highest BCUT2D eigenvalue weighted by atomic mass is 35.5. The number of phenolic OH excluding ortho intramolecular Hbond substituents is 1. The highest BCUT2D eigenvalue weighted by Gasteiger charge is 2.11. The molecule has 0 aliphatic heterocycles. The third-order valence-corrected chi connectivity index (χ3v) is 4.65. The highest BCUT2D eigenvalue weighted by Crippen LogP contribution is 2.29. The van der Waals surface area contributed by atoms with Crippen molar-refractivity contribution < 1.29 is 9.90 Å². The van der Waals surface area contributed by atoms with E-state index in [-0.39, 0.29) is 28.0 Å². The summed E-state index contributed by atoms with van der Waals surface area (Å²) in [6, 6.07) is 12.2. The van der Waals surface area contributed by atoms with Crippen LogP contribution in [-0.2, 0) is 4.79 Å². The topological polar surface area (TPSA) is 105 Å². The van der Waals surface area contributed by atoms with Crippen LogP contribution in [0.1, 0.15) is 5.56 Å². The molecule has 0 fully saturated rings. The van der Waals surface area contributed by atoms with Crippen LogP contribution in [0.25, 0.3) is 5.69 Å². The van der Waals surface area contributed by atoms with E-state index in [0.717, 1.165) is 17.4 Å². The number of hydrogen-bond acceptors (Lipinski definition) is 7. The second-order valence-corrected chi connectivity index (χ2v) is 6.90. The summed E-state index contributed by atoms with van der Waals surface area (Å²) in [5.74, 6) is -0.491. The van der Waals surface area contributed by atoms with Crippen molar-refractivity contribution in [2.24, 2.45) is 5.10 Å². The van der Waals surface area contributed by atoms with E-state index in [1.807, 2.05) is 30.3 Å². The van der Waals surface area contributed by atoms with Gasteiger partial charge < -0.3 is 5.11 Å². The number of tetrazole rings is 1. The van der Waals surface area contributed by atoms with Gasteiger partial charge >= 0.3 is 0 Å². The number of nitrogens with zero attached hydrogens (tertiary/aromatic N) is 5. The van der Waals surface area contributed by atoms with Gasteiger partial charge in [0.1, 0.15) is 5.75 Å². The van der Waals surface area contributed by atoms with Crippen molar-refractivity contribution in [3.05, 3.63) is 58.1 Å². The quantitative estimate of drug-likeness (QED) is 0.359. The Morgan fingerprint density at radius 3 is 2.85 bits per heavy atom. The highest BCUT2D eigenvalue weighted by molar-refractivity contribution is 7.99. The van der Waals surface area contributed by atoms with E-state index in [9.17, 15) is 9.90 Å². The molecule has 1 amide bonds. The Kier molecular flexibility index (Phi) is 6.28. The smallest absolute Gasteiger partial charge is 0.250 e. The average Bonchev–Trinajstić information content (AvgIpc) is 3.13. The molecule has 0 radical (unpaired) electrons. The minimum atomic E-state index is -0.369. The lowest BCUT2D eigenvalue weighted by Crippen LogP contribution is -2.20. The first-order valence-electron chi connectivity index (χ1n) is 7.51. The molecule has 0 aliphatic rings.